The smallest absolute Gasteiger partial charge is 0.242 e. The van der Waals surface area contributed by atoms with Crippen LogP contribution >= 0.6 is 34.8 Å². The van der Waals surface area contributed by atoms with Crippen molar-refractivity contribution in [2.24, 2.45) is 5.92 Å². The van der Waals surface area contributed by atoms with Crippen LogP contribution in [0.1, 0.15) is 38.3 Å². The average molecular weight is 470 g/mol. The minimum absolute atomic E-state index is 0.122. The van der Waals surface area contributed by atoms with Gasteiger partial charge in [0.1, 0.15) is 6.04 Å². The lowest BCUT2D eigenvalue weighted by molar-refractivity contribution is -0.141. The van der Waals surface area contributed by atoms with Crippen molar-refractivity contribution in [2.45, 2.75) is 46.2 Å². The van der Waals surface area contributed by atoms with Gasteiger partial charge in [0, 0.05) is 33.7 Å². The van der Waals surface area contributed by atoms with E-state index in [4.69, 9.17) is 34.8 Å². The third-order valence-corrected chi connectivity index (χ3v) is 5.65. The zero-order valence-electron chi connectivity index (χ0n) is 17.4. The Hall–Kier alpha value is -1.75. The Labute approximate surface area is 193 Å². The molecule has 30 heavy (non-hydrogen) atoms. The summed E-state index contributed by atoms with van der Waals surface area (Å²) in [5, 5.41) is 4.41. The third kappa shape index (κ3) is 6.90. The Morgan fingerprint density at radius 1 is 1.03 bits per heavy atom. The van der Waals surface area contributed by atoms with E-state index in [9.17, 15) is 9.59 Å². The summed E-state index contributed by atoms with van der Waals surface area (Å²) in [5.41, 5.74) is 1.40. The van der Waals surface area contributed by atoms with Crippen LogP contribution in [0.2, 0.25) is 15.1 Å². The number of amides is 2. The van der Waals surface area contributed by atoms with Crippen LogP contribution in [-0.4, -0.2) is 29.3 Å². The van der Waals surface area contributed by atoms with Crippen molar-refractivity contribution in [1.82, 2.24) is 10.2 Å². The monoisotopic (exact) mass is 468 g/mol. The Balaban J connectivity index is 2.34. The molecular weight excluding hydrogens is 443 g/mol. The third-order valence-electron chi connectivity index (χ3n) is 4.70. The van der Waals surface area contributed by atoms with Crippen molar-refractivity contribution in [3.05, 3.63) is 68.7 Å². The molecule has 0 radical (unpaired) electrons. The summed E-state index contributed by atoms with van der Waals surface area (Å²) in [6, 6.07) is 11.7. The van der Waals surface area contributed by atoms with E-state index in [2.05, 4.69) is 5.32 Å². The zero-order chi connectivity index (χ0) is 22.3. The number of nitrogens with one attached hydrogen (secondary N) is 1. The largest absolute Gasteiger partial charge is 0.354 e. The van der Waals surface area contributed by atoms with Gasteiger partial charge in [0.05, 0.1) is 6.42 Å². The van der Waals surface area contributed by atoms with Gasteiger partial charge in [-0.1, -0.05) is 73.8 Å². The Bertz CT molecular complexity index is 866. The van der Waals surface area contributed by atoms with E-state index in [0.29, 0.717) is 39.5 Å². The summed E-state index contributed by atoms with van der Waals surface area (Å²) in [5.74, 6) is -0.0753. The molecule has 0 aliphatic rings. The lowest BCUT2D eigenvalue weighted by Crippen LogP contribution is -2.50. The molecule has 2 aromatic carbocycles. The van der Waals surface area contributed by atoms with Crippen LogP contribution in [0.15, 0.2) is 42.5 Å². The number of halogens is 3. The molecule has 1 atom stereocenters. The van der Waals surface area contributed by atoms with Crippen molar-refractivity contribution in [3.63, 3.8) is 0 Å². The predicted octanol–water partition coefficient (Wildman–Crippen LogP) is 5.77. The van der Waals surface area contributed by atoms with Crippen molar-refractivity contribution >= 4 is 46.6 Å². The molecule has 0 aromatic heterocycles. The highest BCUT2D eigenvalue weighted by Crippen LogP contribution is 2.27. The summed E-state index contributed by atoms with van der Waals surface area (Å²) in [4.78, 5) is 27.8. The molecule has 1 unspecified atom stereocenters. The highest BCUT2D eigenvalue weighted by molar-refractivity contribution is 6.36. The van der Waals surface area contributed by atoms with E-state index < -0.39 is 6.04 Å². The van der Waals surface area contributed by atoms with Gasteiger partial charge in [0.15, 0.2) is 0 Å². The summed E-state index contributed by atoms with van der Waals surface area (Å²) < 4.78 is 0. The van der Waals surface area contributed by atoms with E-state index in [0.717, 1.165) is 5.56 Å². The molecule has 0 bridgehead atoms. The molecule has 0 heterocycles. The van der Waals surface area contributed by atoms with E-state index in [1.165, 1.54) is 0 Å². The first kappa shape index (κ1) is 24.5. The molecule has 0 saturated heterocycles. The minimum Gasteiger partial charge on any atom is -0.354 e. The topological polar surface area (TPSA) is 49.4 Å². The molecule has 7 heteroatoms. The summed E-state index contributed by atoms with van der Waals surface area (Å²) >= 11 is 18.8. The number of rotatable bonds is 9. The van der Waals surface area contributed by atoms with Gasteiger partial charge in [-0.05, 0) is 42.2 Å². The normalized spacial score (nSPS) is 12.0. The zero-order valence-corrected chi connectivity index (χ0v) is 19.7. The Kier molecular flexibility index (Phi) is 9.47. The van der Waals surface area contributed by atoms with Gasteiger partial charge in [0.2, 0.25) is 11.8 Å². The van der Waals surface area contributed by atoms with Gasteiger partial charge >= 0.3 is 0 Å². The van der Waals surface area contributed by atoms with Crippen LogP contribution in [0.5, 0.6) is 0 Å². The second-order valence-corrected chi connectivity index (χ2v) is 8.84. The van der Waals surface area contributed by atoms with Gasteiger partial charge in [-0.25, -0.2) is 0 Å². The van der Waals surface area contributed by atoms with Crippen molar-refractivity contribution in [1.29, 1.82) is 0 Å². The van der Waals surface area contributed by atoms with Gasteiger partial charge < -0.3 is 10.2 Å². The molecule has 0 spiro atoms. The van der Waals surface area contributed by atoms with E-state index in [1.807, 2.05) is 26.8 Å². The number of nitrogens with zero attached hydrogens (tertiary/aromatic N) is 1. The van der Waals surface area contributed by atoms with Gasteiger partial charge in [-0.15, -0.1) is 0 Å². The first-order valence-corrected chi connectivity index (χ1v) is 11.1. The lowest BCUT2D eigenvalue weighted by Gasteiger charge is -2.31. The summed E-state index contributed by atoms with van der Waals surface area (Å²) in [6.07, 6.45) is 0.587. The van der Waals surface area contributed by atoms with Crippen molar-refractivity contribution in [3.8, 4) is 0 Å². The van der Waals surface area contributed by atoms with Gasteiger partial charge in [0.25, 0.3) is 0 Å². The molecule has 4 nitrogen and oxygen atoms in total. The maximum atomic E-state index is 13.3. The second-order valence-electron chi connectivity index (χ2n) is 7.59. The molecule has 0 aliphatic heterocycles. The van der Waals surface area contributed by atoms with Crippen LogP contribution in [0.4, 0.5) is 0 Å². The SMILES string of the molecule is CCC(C(=O)NCC(C)C)N(Cc1c(Cl)cccc1Cl)C(=O)Cc1cccc(Cl)c1. The number of carbonyl (C=O) groups is 2. The maximum Gasteiger partial charge on any atom is 0.242 e. The fraction of sp³-hybridized carbons (Fsp3) is 0.391. The molecule has 0 aliphatic carbocycles. The molecule has 2 rings (SSSR count). The van der Waals surface area contributed by atoms with Crippen LogP contribution < -0.4 is 5.32 Å². The molecule has 0 fully saturated rings. The van der Waals surface area contributed by atoms with E-state index in [-0.39, 0.29) is 24.8 Å². The highest BCUT2D eigenvalue weighted by Gasteiger charge is 2.29. The van der Waals surface area contributed by atoms with Crippen molar-refractivity contribution in [2.75, 3.05) is 6.54 Å². The fourth-order valence-corrected chi connectivity index (χ4v) is 3.85. The van der Waals surface area contributed by atoms with Crippen LogP contribution in [-0.2, 0) is 22.6 Å². The number of carbonyl (C=O) groups excluding carboxylic acids is 2. The van der Waals surface area contributed by atoms with Crippen LogP contribution in [0, 0.1) is 5.92 Å². The quantitative estimate of drug-likeness (QED) is 0.507. The highest BCUT2D eigenvalue weighted by atomic mass is 35.5. The summed E-state index contributed by atoms with van der Waals surface area (Å²) in [6.45, 7) is 6.61. The Morgan fingerprint density at radius 3 is 2.23 bits per heavy atom. The fourth-order valence-electron chi connectivity index (χ4n) is 3.12. The first-order valence-electron chi connectivity index (χ1n) is 9.97. The molecule has 0 saturated carbocycles. The molecule has 2 aromatic rings. The molecule has 162 valence electrons. The molecule has 1 N–H and O–H groups in total. The Morgan fingerprint density at radius 2 is 1.67 bits per heavy atom. The van der Waals surface area contributed by atoms with E-state index in [1.54, 1.807) is 41.3 Å². The minimum atomic E-state index is -0.636. The standard InChI is InChI=1S/C23H27Cl3N2O2/c1-4-21(23(30)27-13-15(2)3)28(14-18-19(25)9-6-10-20(18)26)22(29)12-16-7-5-8-17(24)11-16/h5-11,15,21H,4,12-14H2,1-3H3,(H,27,30). The van der Waals surface area contributed by atoms with E-state index >= 15 is 0 Å². The van der Waals surface area contributed by atoms with Crippen LogP contribution in [0.3, 0.4) is 0 Å². The van der Waals surface area contributed by atoms with Crippen LogP contribution in [0.25, 0.3) is 0 Å². The van der Waals surface area contributed by atoms with Gasteiger partial charge in [-0.2, -0.15) is 0 Å². The number of hydrogen-bond donors (Lipinski definition) is 1. The number of benzene rings is 2. The van der Waals surface area contributed by atoms with Crippen molar-refractivity contribution < 1.29 is 9.59 Å². The maximum absolute atomic E-state index is 13.3. The first-order chi connectivity index (χ1) is 14.2. The second kappa shape index (κ2) is 11.6. The predicted molar refractivity (Wildman–Crippen MR) is 124 cm³/mol. The molecule has 2 amide bonds. The lowest BCUT2D eigenvalue weighted by atomic mass is 10.1. The average Bonchev–Trinajstić information content (AvgIpc) is 2.68. The molecular formula is C23H27Cl3N2O2. The van der Waals surface area contributed by atoms with Gasteiger partial charge in [-0.3, -0.25) is 9.59 Å². The summed E-state index contributed by atoms with van der Waals surface area (Å²) in [7, 11) is 0. The number of hydrogen-bond acceptors (Lipinski definition) is 2.